The molecule has 4 rings (SSSR count). The molecule has 5 nitrogen and oxygen atoms in total. The van der Waals surface area contributed by atoms with Crippen LogP contribution in [0.4, 0.5) is 11.4 Å². The standard InChI is InChI=1S/C23H23ClN4O/c1-27-12-14-28(15-13-27)22-16-20(6-7-21(22)24)26-23(29)19-4-2-17(3-5-19)18-8-10-25-11-9-18/h2-11,16H,12-15H2,1H3,(H,26,29). The summed E-state index contributed by atoms with van der Waals surface area (Å²) in [4.78, 5) is 21.3. The van der Waals surface area contributed by atoms with E-state index in [0.29, 0.717) is 10.6 Å². The number of rotatable bonds is 4. The van der Waals surface area contributed by atoms with Crippen molar-refractivity contribution in [1.29, 1.82) is 0 Å². The van der Waals surface area contributed by atoms with Gasteiger partial charge in [0.25, 0.3) is 5.91 Å². The third-order valence-corrected chi connectivity index (χ3v) is 5.53. The Labute approximate surface area is 175 Å². The first kappa shape index (κ1) is 19.4. The molecule has 0 atom stereocenters. The Morgan fingerprint density at radius 3 is 2.28 bits per heavy atom. The Hall–Kier alpha value is -2.89. The van der Waals surface area contributed by atoms with Crippen LogP contribution in [0.1, 0.15) is 10.4 Å². The average Bonchev–Trinajstić information content (AvgIpc) is 2.76. The monoisotopic (exact) mass is 406 g/mol. The lowest BCUT2D eigenvalue weighted by atomic mass is 10.0. The molecule has 1 saturated heterocycles. The molecule has 1 aliphatic rings. The van der Waals surface area contributed by atoms with Gasteiger partial charge in [-0.25, -0.2) is 0 Å². The Bertz CT molecular complexity index is 984. The zero-order chi connectivity index (χ0) is 20.2. The van der Waals surface area contributed by atoms with Crippen molar-refractivity contribution in [2.24, 2.45) is 0 Å². The Morgan fingerprint density at radius 1 is 0.931 bits per heavy atom. The summed E-state index contributed by atoms with van der Waals surface area (Å²) in [6.45, 7) is 3.83. The predicted molar refractivity (Wildman–Crippen MR) is 119 cm³/mol. The van der Waals surface area contributed by atoms with E-state index in [1.54, 1.807) is 12.4 Å². The van der Waals surface area contributed by atoms with Crippen LogP contribution in [0.15, 0.2) is 67.0 Å². The van der Waals surface area contributed by atoms with Crippen LogP contribution in [0.25, 0.3) is 11.1 Å². The fourth-order valence-corrected chi connectivity index (χ4v) is 3.68. The van der Waals surface area contributed by atoms with E-state index < -0.39 is 0 Å². The molecular formula is C23H23ClN4O. The number of piperazine rings is 1. The van der Waals surface area contributed by atoms with Gasteiger partial charge in [-0.15, -0.1) is 0 Å². The first-order valence-corrected chi connectivity index (χ1v) is 10.0. The van der Waals surface area contributed by atoms with Crippen molar-refractivity contribution in [1.82, 2.24) is 9.88 Å². The molecule has 1 fully saturated rings. The van der Waals surface area contributed by atoms with E-state index in [9.17, 15) is 4.79 Å². The number of nitrogens with zero attached hydrogens (tertiary/aromatic N) is 3. The quantitative estimate of drug-likeness (QED) is 0.697. The van der Waals surface area contributed by atoms with Crippen LogP contribution >= 0.6 is 11.6 Å². The summed E-state index contributed by atoms with van der Waals surface area (Å²) in [5, 5.41) is 3.69. The first-order chi connectivity index (χ1) is 14.1. The summed E-state index contributed by atoms with van der Waals surface area (Å²) >= 11 is 6.42. The molecule has 1 aromatic heterocycles. The van der Waals surface area contributed by atoms with E-state index in [2.05, 4.69) is 27.1 Å². The van der Waals surface area contributed by atoms with Crippen LogP contribution in [0, 0.1) is 0 Å². The molecule has 1 aliphatic heterocycles. The second kappa shape index (κ2) is 8.64. The first-order valence-electron chi connectivity index (χ1n) is 9.65. The number of likely N-dealkylation sites (N-methyl/N-ethyl adjacent to an activating group) is 1. The SMILES string of the molecule is CN1CCN(c2cc(NC(=O)c3ccc(-c4ccncc4)cc3)ccc2Cl)CC1. The van der Waals surface area contributed by atoms with Crippen LogP contribution in [-0.2, 0) is 0 Å². The molecule has 1 N–H and O–H groups in total. The van der Waals surface area contributed by atoms with Crippen molar-refractivity contribution in [3.63, 3.8) is 0 Å². The van der Waals surface area contributed by atoms with Gasteiger partial charge in [0.2, 0.25) is 0 Å². The molecule has 3 aromatic rings. The van der Waals surface area contributed by atoms with Gasteiger partial charge in [-0.2, -0.15) is 0 Å². The average molecular weight is 407 g/mol. The molecular weight excluding hydrogens is 384 g/mol. The second-order valence-corrected chi connectivity index (χ2v) is 7.63. The van der Waals surface area contributed by atoms with E-state index in [0.717, 1.165) is 48.7 Å². The van der Waals surface area contributed by atoms with Gasteiger partial charge >= 0.3 is 0 Å². The molecule has 29 heavy (non-hydrogen) atoms. The molecule has 0 bridgehead atoms. The summed E-state index contributed by atoms with van der Waals surface area (Å²) in [6, 6.07) is 17.1. The number of pyridine rings is 1. The lowest BCUT2D eigenvalue weighted by Gasteiger charge is -2.34. The van der Waals surface area contributed by atoms with Crippen LogP contribution < -0.4 is 10.2 Å². The van der Waals surface area contributed by atoms with Gasteiger partial charge in [-0.3, -0.25) is 9.78 Å². The summed E-state index contributed by atoms with van der Waals surface area (Å²) in [7, 11) is 2.12. The van der Waals surface area contributed by atoms with Crippen molar-refractivity contribution >= 4 is 28.9 Å². The lowest BCUT2D eigenvalue weighted by molar-refractivity contribution is 0.102. The number of anilines is 2. The van der Waals surface area contributed by atoms with Crippen LogP contribution in [0.5, 0.6) is 0 Å². The molecule has 0 aliphatic carbocycles. The van der Waals surface area contributed by atoms with Crippen molar-refractivity contribution < 1.29 is 4.79 Å². The van der Waals surface area contributed by atoms with Crippen LogP contribution in [0.3, 0.4) is 0 Å². The molecule has 0 saturated carbocycles. The molecule has 6 heteroatoms. The van der Waals surface area contributed by atoms with E-state index in [1.807, 2.05) is 54.6 Å². The number of nitrogens with one attached hydrogen (secondary N) is 1. The zero-order valence-corrected chi connectivity index (χ0v) is 17.1. The van der Waals surface area contributed by atoms with Gasteiger partial charge in [0, 0.05) is 49.8 Å². The highest BCUT2D eigenvalue weighted by molar-refractivity contribution is 6.33. The van der Waals surface area contributed by atoms with Gasteiger partial charge in [-0.05, 0) is 60.6 Å². The maximum absolute atomic E-state index is 12.7. The summed E-state index contributed by atoms with van der Waals surface area (Å²) in [5.41, 5.74) is 4.44. The largest absolute Gasteiger partial charge is 0.368 e. The lowest BCUT2D eigenvalue weighted by Crippen LogP contribution is -2.44. The third kappa shape index (κ3) is 4.58. The highest BCUT2D eigenvalue weighted by Crippen LogP contribution is 2.30. The summed E-state index contributed by atoms with van der Waals surface area (Å²) < 4.78 is 0. The van der Waals surface area contributed by atoms with Crippen molar-refractivity contribution in [2.75, 3.05) is 43.4 Å². The van der Waals surface area contributed by atoms with E-state index in [4.69, 9.17) is 11.6 Å². The number of amides is 1. The van der Waals surface area contributed by atoms with Crippen molar-refractivity contribution in [3.8, 4) is 11.1 Å². The summed E-state index contributed by atoms with van der Waals surface area (Å²) in [6.07, 6.45) is 3.52. The number of hydrogen-bond acceptors (Lipinski definition) is 4. The minimum atomic E-state index is -0.141. The minimum Gasteiger partial charge on any atom is -0.368 e. The topological polar surface area (TPSA) is 48.5 Å². The van der Waals surface area contributed by atoms with E-state index in [1.165, 1.54) is 0 Å². The van der Waals surface area contributed by atoms with Crippen molar-refractivity contribution in [2.45, 2.75) is 0 Å². The van der Waals surface area contributed by atoms with Gasteiger partial charge in [0.15, 0.2) is 0 Å². The minimum absolute atomic E-state index is 0.141. The number of carbonyl (C=O) groups is 1. The third-order valence-electron chi connectivity index (χ3n) is 5.21. The fraction of sp³-hybridized carbons (Fsp3) is 0.217. The highest BCUT2D eigenvalue weighted by Gasteiger charge is 2.17. The van der Waals surface area contributed by atoms with Crippen molar-refractivity contribution in [3.05, 3.63) is 77.6 Å². The van der Waals surface area contributed by atoms with Crippen LogP contribution in [-0.4, -0.2) is 49.0 Å². The number of halogens is 1. The number of hydrogen-bond donors (Lipinski definition) is 1. The Morgan fingerprint density at radius 2 is 1.59 bits per heavy atom. The molecule has 2 aromatic carbocycles. The number of aromatic nitrogens is 1. The maximum Gasteiger partial charge on any atom is 0.255 e. The predicted octanol–water partition coefficient (Wildman–Crippen LogP) is 4.41. The molecule has 0 unspecified atom stereocenters. The van der Waals surface area contributed by atoms with Gasteiger partial charge in [0.1, 0.15) is 0 Å². The molecule has 1 amide bonds. The second-order valence-electron chi connectivity index (χ2n) is 7.22. The molecule has 0 spiro atoms. The highest BCUT2D eigenvalue weighted by atomic mass is 35.5. The molecule has 148 valence electrons. The van der Waals surface area contributed by atoms with E-state index in [-0.39, 0.29) is 5.91 Å². The Balaban J connectivity index is 1.47. The van der Waals surface area contributed by atoms with E-state index >= 15 is 0 Å². The zero-order valence-electron chi connectivity index (χ0n) is 16.3. The van der Waals surface area contributed by atoms with Crippen LogP contribution in [0.2, 0.25) is 5.02 Å². The molecule has 2 heterocycles. The maximum atomic E-state index is 12.7. The van der Waals surface area contributed by atoms with Gasteiger partial charge < -0.3 is 15.1 Å². The number of benzene rings is 2. The molecule has 0 radical (unpaired) electrons. The van der Waals surface area contributed by atoms with Gasteiger partial charge in [-0.1, -0.05) is 23.7 Å². The Kier molecular flexibility index (Phi) is 5.79. The fourth-order valence-electron chi connectivity index (χ4n) is 3.44. The smallest absolute Gasteiger partial charge is 0.255 e. The van der Waals surface area contributed by atoms with Gasteiger partial charge in [0.05, 0.1) is 10.7 Å². The normalized spacial score (nSPS) is 14.6. The summed E-state index contributed by atoms with van der Waals surface area (Å²) in [5.74, 6) is -0.141. The number of carbonyl (C=O) groups excluding carboxylic acids is 1.